The van der Waals surface area contributed by atoms with Crippen molar-refractivity contribution in [3.8, 4) is 0 Å². The van der Waals surface area contributed by atoms with Gasteiger partial charge in [0, 0.05) is 17.8 Å². The standard InChI is InChI=1S/C17H30N4O.2ClH/c1-13-14(11-20-21(13)16(2,3)4)15(22)19-12-17(18)9-7-5-6-8-10-17;;/h11H,5-10,12,18H2,1-4H3,(H,19,22);2*1H. The molecule has 24 heavy (non-hydrogen) atoms. The Balaban J connectivity index is 0.00000264. The molecule has 0 atom stereocenters. The van der Waals surface area contributed by atoms with Gasteiger partial charge in [-0.15, -0.1) is 24.8 Å². The smallest absolute Gasteiger partial charge is 0.254 e. The first-order valence-corrected chi connectivity index (χ1v) is 8.35. The highest BCUT2D eigenvalue weighted by Gasteiger charge is 2.28. The highest BCUT2D eigenvalue weighted by atomic mass is 35.5. The van der Waals surface area contributed by atoms with Crippen LogP contribution in [0.15, 0.2) is 6.20 Å². The normalized spacial score (nSPS) is 17.2. The number of rotatable bonds is 3. The van der Waals surface area contributed by atoms with E-state index in [0.29, 0.717) is 12.1 Å². The first-order valence-electron chi connectivity index (χ1n) is 8.35. The van der Waals surface area contributed by atoms with Crippen LogP contribution in [-0.2, 0) is 5.54 Å². The Morgan fingerprint density at radius 1 is 1.25 bits per heavy atom. The van der Waals surface area contributed by atoms with Gasteiger partial charge in [-0.3, -0.25) is 9.48 Å². The summed E-state index contributed by atoms with van der Waals surface area (Å²) < 4.78 is 1.89. The Labute approximate surface area is 157 Å². The fraction of sp³-hybridized carbons (Fsp3) is 0.765. The summed E-state index contributed by atoms with van der Waals surface area (Å²) in [6.45, 7) is 8.72. The van der Waals surface area contributed by atoms with Crippen molar-refractivity contribution >= 4 is 30.7 Å². The maximum absolute atomic E-state index is 12.5. The number of aromatic nitrogens is 2. The maximum atomic E-state index is 12.5. The first kappa shape index (κ1) is 23.2. The second-order valence-electron chi connectivity index (χ2n) is 7.69. The molecule has 0 spiro atoms. The Morgan fingerprint density at radius 3 is 2.25 bits per heavy atom. The van der Waals surface area contributed by atoms with Crippen LogP contribution in [0.25, 0.3) is 0 Å². The highest BCUT2D eigenvalue weighted by molar-refractivity contribution is 5.95. The molecule has 1 fully saturated rings. The lowest BCUT2D eigenvalue weighted by atomic mass is 9.91. The van der Waals surface area contributed by atoms with Gasteiger partial charge in [-0.2, -0.15) is 5.10 Å². The van der Waals surface area contributed by atoms with E-state index in [1.54, 1.807) is 6.20 Å². The predicted octanol–water partition coefficient (Wildman–Crippen LogP) is 3.57. The number of nitrogens with one attached hydrogen (secondary N) is 1. The van der Waals surface area contributed by atoms with Crippen LogP contribution in [0.4, 0.5) is 0 Å². The average molecular weight is 379 g/mol. The molecule has 2 rings (SSSR count). The lowest BCUT2D eigenvalue weighted by Gasteiger charge is -2.28. The SMILES string of the molecule is Cc1c(C(=O)NCC2(N)CCCCCC2)cnn1C(C)(C)C.Cl.Cl. The van der Waals surface area contributed by atoms with E-state index in [2.05, 4.69) is 31.2 Å². The van der Waals surface area contributed by atoms with Gasteiger partial charge < -0.3 is 11.1 Å². The number of hydrogen-bond acceptors (Lipinski definition) is 3. The van der Waals surface area contributed by atoms with Crippen LogP contribution in [0, 0.1) is 6.92 Å². The van der Waals surface area contributed by atoms with Gasteiger partial charge in [0.25, 0.3) is 5.91 Å². The van der Waals surface area contributed by atoms with Crippen molar-refractivity contribution in [2.45, 2.75) is 77.3 Å². The lowest BCUT2D eigenvalue weighted by Crippen LogP contribution is -2.49. The van der Waals surface area contributed by atoms with E-state index in [-0.39, 0.29) is 41.8 Å². The number of nitrogens with two attached hydrogens (primary N) is 1. The van der Waals surface area contributed by atoms with Gasteiger partial charge in [0.1, 0.15) is 0 Å². The van der Waals surface area contributed by atoms with Crippen LogP contribution in [0.5, 0.6) is 0 Å². The summed E-state index contributed by atoms with van der Waals surface area (Å²) in [5, 5.41) is 7.39. The fourth-order valence-corrected chi connectivity index (χ4v) is 3.27. The van der Waals surface area contributed by atoms with Gasteiger partial charge in [0.15, 0.2) is 0 Å². The minimum atomic E-state index is -0.250. The van der Waals surface area contributed by atoms with E-state index in [4.69, 9.17) is 5.73 Å². The van der Waals surface area contributed by atoms with Crippen molar-refractivity contribution in [3.05, 3.63) is 17.5 Å². The molecule has 1 aromatic heterocycles. The molecule has 1 amide bonds. The van der Waals surface area contributed by atoms with Crippen molar-refractivity contribution in [1.82, 2.24) is 15.1 Å². The van der Waals surface area contributed by atoms with Crippen molar-refractivity contribution in [1.29, 1.82) is 0 Å². The molecular formula is C17H32Cl2N4O. The molecule has 0 aliphatic heterocycles. The predicted molar refractivity (Wildman–Crippen MR) is 103 cm³/mol. The molecule has 7 heteroatoms. The summed E-state index contributed by atoms with van der Waals surface area (Å²) in [6.07, 6.45) is 8.47. The van der Waals surface area contributed by atoms with Gasteiger partial charge >= 0.3 is 0 Å². The van der Waals surface area contributed by atoms with Crippen LogP contribution in [0.3, 0.4) is 0 Å². The van der Waals surface area contributed by atoms with Crippen molar-refractivity contribution in [2.75, 3.05) is 6.54 Å². The third kappa shape index (κ3) is 5.64. The molecule has 0 saturated heterocycles. The zero-order chi connectivity index (χ0) is 16.4. The van der Waals surface area contributed by atoms with Crippen LogP contribution < -0.4 is 11.1 Å². The Kier molecular flexibility index (Phi) is 8.77. The number of hydrogen-bond donors (Lipinski definition) is 2. The van der Waals surface area contributed by atoms with E-state index in [0.717, 1.165) is 31.4 Å². The lowest BCUT2D eigenvalue weighted by molar-refractivity contribution is 0.0940. The third-order valence-electron chi connectivity index (χ3n) is 4.59. The van der Waals surface area contributed by atoms with Crippen molar-refractivity contribution < 1.29 is 4.79 Å². The maximum Gasteiger partial charge on any atom is 0.254 e. The summed E-state index contributed by atoms with van der Waals surface area (Å²) in [6, 6.07) is 0. The second-order valence-corrected chi connectivity index (χ2v) is 7.69. The minimum Gasteiger partial charge on any atom is -0.350 e. The third-order valence-corrected chi connectivity index (χ3v) is 4.59. The molecule has 0 bridgehead atoms. The number of carbonyl (C=O) groups excluding carboxylic acids is 1. The van der Waals surface area contributed by atoms with E-state index in [9.17, 15) is 4.79 Å². The zero-order valence-electron chi connectivity index (χ0n) is 15.2. The van der Waals surface area contributed by atoms with Crippen molar-refractivity contribution in [2.24, 2.45) is 5.73 Å². The molecule has 0 unspecified atom stereocenters. The molecule has 1 aliphatic rings. The summed E-state index contributed by atoms with van der Waals surface area (Å²) in [5.41, 5.74) is 7.63. The van der Waals surface area contributed by atoms with E-state index in [1.165, 1.54) is 12.8 Å². The molecule has 1 aliphatic carbocycles. The Bertz CT molecular complexity index is 529. The van der Waals surface area contributed by atoms with Gasteiger partial charge in [-0.05, 0) is 40.5 Å². The van der Waals surface area contributed by atoms with Gasteiger partial charge in [-0.1, -0.05) is 25.7 Å². The van der Waals surface area contributed by atoms with Crippen LogP contribution in [0.1, 0.15) is 75.3 Å². The Hall–Kier alpha value is -0.780. The average Bonchev–Trinajstić information content (AvgIpc) is 2.69. The fourth-order valence-electron chi connectivity index (χ4n) is 3.27. The van der Waals surface area contributed by atoms with Crippen molar-refractivity contribution in [3.63, 3.8) is 0 Å². The molecule has 1 aromatic rings. The minimum absolute atomic E-state index is 0. The molecule has 5 nitrogen and oxygen atoms in total. The van der Waals surface area contributed by atoms with E-state index in [1.807, 2.05) is 11.6 Å². The van der Waals surface area contributed by atoms with E-state index >= 15 is 0 Å². The summed E-state index contributed by atoms with van der Waals surface area (Å²) in [5.74, 6) is -0.0675. The van der Waals surface area contributed by atoms with Crippen LogP contribution in [-0.4, -0.2) is 27.8 Å². The van der Waals surface area contributed by atoms with Gasteiger partial charge in [-0.25, -0.2) is 0 Å². The molecule has 140 valence electrons. The molecule has 0 aromatic carbocycles. The topological polar surface area (TPSA) is 72.9 Å². The molecule has 1 saturated carbocycles. The molecule has 1 heterocycles. The second kappa shape index (κ2) is 9.07. The number of amides is 1. The summed E-state index contributed by atoms with van der Waals surface area (Å²) in [7, 11) is 0. The molecule has 3 N–H and O–H groups in total. The first-order chi connectivity index (χ1) is 10.2. The summed E-state index contributed by atoms with van der Waals surface area (Å²) >= 11 is 0. The largest absolute Gasteiger partial charge is 0.350 e. The number of carbonyl (C=O) groups is 1. The number of halogens is 2. The molecular weight excluding hydrogens is 347 g/mol. The Morgan fingerprint density at radius 2 is 1.79 bits per heavy atom. The zero-order valence-corrected chi connectivity index (χ0v) is 16.9. The van der Waals surface area contributed by atoms with Crippen LogP contribution in [0.2, 0.25) is 0 Å². The monoisotopic (exact) mass is 378 g/mol. The number of nitrogens with zero attached hydrogens (tertiary/aromatic N) is 2. The molecule has 0 radical (unpaired) electrons. The van der Waals surface area contributed by atoms with Crippen LogP contribution >= 0.6 is 24.8 Å². The van der Waals surface area contributed by atoms with Gasteiger partial charge in [0.05, 0.1) is 17.3 Å². The summed E-state index contributed by atoms with van der Waals surface area (Å²) in [4.78, 5) is 12.5. The van der Waals surface area contributed by atoms with Gasteiger partial charge in [0.2, 0.25) is 0 Å². The highest BCUT2D eigenvalue weighted by Crippen LogP contribution is 2.24. The van der Waals surface area contributed by atoms with E-state index < -0.39 is 0 Å². The quantitative estimate of drug-likeness (QED) is 0.789.